The Balaban J connectivity index is 1.67. The van der Waals surface area contributed by atoms with E-state index in [2.05, 4.69) is 15.1 Å². The summed E-state index contributed by atoms with van der Waals surface area (Å²) in [5.41, 5.74) is 0.518. The fraction of sp³-hybridized carbons (Fsp3) is 0.462. The van der Waals surface area contributed by atoms with Crippen LogP contribution < -0.4 is 0 Å². The average Bonchev–Trinajstić information content (AvgIpc) is 3.10. The minimum Gasteiger partial charge on any atom is -0.374 e. The zero-order valence-corrected chi connectivity index (χ0v) is 11.1. The molecule has 20 heavy (non-hydrogen) atoms. The van der Waals surface area contributed by atoms with Crippen LogP contribution in [0, 0.1) is 0 Å². The Morgan fingerprint density at radius 1 is 1.55 bits per heavy atom. The van der Waals surface area contributed by atoms with Crippen LogP contribution in [-0.4, -0.2) is 56.4 Å². The lowest BCUT2D eigenvalue weighted by molar-refractivity contribution is 0.0366. The fourth-order valence-corrected chi connectivity index (χ4v) is 2.35. The summed E-state index contributed by atoms with van der Waals surface area (Å²) >= 11 is 0. The first kappa shape index (κ1) is 12.9. The van der Waals surface area contributed by atoms with Crippen molar-refractivity contribution in [3.8, 4) is 0 Å². The third-order valence-corrected chi connectivity index (χ3v) is 3.32. The monoisotopic (exact) mass is 275 g/mol. The summed E-state index contributed by atoms with van der Waals surface area (Å²) in [4.78, 5) is 20.9. The molecule has 0 bridgehead atoms. The van der Waals surface area contributed by atoms with E-state index in [0.29, 0.717) is 31.9 Å². The molecule has 7 heteroatoms. The van der Waals surface area contributed by atoms with E-state index >= 15 is 0 Å². The Labute approximate surface area is 116 Å². The molecule has 3 rings (SSSR count). The van der Waals surface area contributed by atoms with Gasteiger partial charge in [0.2, 0.25) is 0 Å². The predicted octanol–water partition coefficient (Wildman–Crippen LogP) is 0.537. The van der Waals surface area contributed by atoms with Crippen LogP contribution in [0.15, 0.2) is 31.0 Å². The van der Waals surface area contributed by atoms with Gasteiger partial charge < -0.3 is 14.6 Å². The summed E-state index contributed by atoms with van der Waals surface area (Å²) in [6, 6.07) is 1.88. The maximum atomic E-state index is 12.3. The molecule has 0 spiro atoms. The normalized spacial score (nSPS) is 19.8. The summed E-state index contributed by atoms with van der Waals surface area (Å²) in [5.74, 6) is -0.0292. The molecule has 7 nitrogen and oxygen atoms in total. The van der Waals surface area contributed by atoms with E-state index < -0.39 is 0 Å². The first-order valence-electron chi connectivity index (χ1n) is 6.69. The maximum Gasteiger partial charge on any atom is 0.272 e. The van der Waals surface area contributed by atoms with Gasteiger partial charge in [-0.15, -0.1) is 0 Å². The Bertz CT molecular complexity index is 537. The number of carbonyl (C=O) groups is 1. The molecule has 0 saturated carbocycles. The fourth-order valence-electron chi connectivity index (χ4n) is 2.35. The molecule has 106 valence electrons. The SMILES string of the molecule is O=C(c1cnc[nH]1)N1CCCOC(Cn2cccn2)C1. The third-order valence-electron chi connectivity index (χ3n) is 3.32. The highest BCUT2D eigenvalue weighted by molar-refractivity contribution is 5.92. The summed E-state index contributed by atoms with van der Waals surface area (Å²) in [6.45, 7) is 2.59. The number of nitrogens with zero attached hydrogens (tertiary/aromatic N) is 4. The molecular weight excluding hydrogens is 258 g/mol. The lowest BCUT2D eigenvalue weighted by Crippen LogP contribution is -2.38. The smallest absolute Gasteiger partial charge is 0.272 e. The largest absolute Gasteiger partial charge is 0.374 e. The van der Waals surface area contributed by atoms with E-state index in [4.69, 9.17) is 4.74 Å². The molecular formula is C13H17N5O2. The lowest BCUT2D eigenvalue weighted by Gasteiger charge is -2.23. The Morgan fingerprint density at radius 2 is 2.50 bits per heavy atom. The van der Waals surface area contributed by atoms with Crippen molar-refractivity contribution in [3.05, 3.63) is 36.7 Å². The number of H-pyrrole nitrogens is 1. The maximum absolute atomic E-state index is 12.3. The van der Waals surface area contributed by atoms with Gasteiger partial charge in [-0.2, -0.15) is 5.10 Å². The highest BCUT2D eigenvalue weighted by atomic mass is 16.5. The van der Waals surface area contributed by atoms with Crippen LogP contribution in [0.3, 0.4) is 0 Å². The van der Waals surface area contributed by atoms with Crippen LogP contribution in [-0.2, 0) is 11.3 Å². The van der Waals surface area contributed by atoms with Crippen molar-refractivity contribution < 1.29 is 9.53 Å². The molecule has 1 fully saturated rings. The number of imidazole rings is 1. The highest BCUT2D eigenvalue weighted by Gasteiger charge is 2.24. The zero-order valence-electron chi connectivity index (χ0n) is 11.1. The van der Waals surface area contributed by atoms with Gasteiger partial charge >= 0.3 is 0 Å². The summed E-state index contributed by atoms with van der Waals surface area (Å²) in [5, 5.41) is 4.18. The number of rotatable bonds is 3. The lowest BCUT2D eigenvalue weighted by atomic mass is 10.3. The topological polar surface area (TPSA) is 76.0 Å². The third kappa shape index (κ3) is 2.88. The molecule has 1 aliphatic heterocycles. The van der Waals surface area contributed by atoms with Crippen molar-refractivity contribution in [2.75, 3.05) is 19.7 Å². The molecule has 1 unspecified atom stereocenters. The van der Waals surface area contributed by atoms with Gasteiger partial charge in [-0.1, -0.05) is 0 Å². The molecule has 0 radical (unpaired) electrons. The summed E-state index contributed by atoms with van der Waals surface area (Å²) < 4.78 is 7.62. The van der Waals surface area contributed by atoms with E-state index in [1.165, 1.54) is 6.33 Å². The van der Waals surface area contributed by atoms with E-state index in [1.54, 1.807) is 12.4 Å². The number of nitrogens with one attached hydrogen (secondary N) is 1. The summed E-state index contributed by atoms with van der Waals surface area (Å²) in [7, 11) is 0. The predicted molar refractivity (Wildman–Crippen MR) is 71.1 cm³/mol. The molecule has 1 atom stereocenters. The van der Waals surface area contributed by atoms with Crippen LogP contribution in [0.1, 0.15) is 16.9 Å². The molecule has 1 aliphatic rings. The number of aromatic amines is 1. The second-order valence-corrected chi connectivity index (χ2v) is 4.79. The van der Waals surface area contributed by atoms with Gasteiger partial charge in [0.1, 0.15) is 5.69 Å². The minimum atomic E-state index is -0.0377. The summed E-state index contributed by atoms with van der Waals surface area (Å²) in [6.07, 6.45) is 7.51. The van der Waals surface area contributed by atoms with Gasteiger partial charge in [0.15, 0.2) is 0 Å². The first-order chi connectivity index (χ1) is 9.83. The van der Waals surface area contributed by atoms with E-state index in [-0.39, 0.29) is 12.0 Å². The number of ether oxygens (including phenoxy) is 1. The van der Waals surface area contributed by atoms with Gasteiger partial charge in [-0.25, -0.2) is 4.98 Å². The Kier molecular flexibility index (Phi) is 3.78. The van der Waals surface area contributed by atoms with Crippen molar-refractivity contribution in [1.82, 2.24) is 24.6 Å². The Morgan fingerprint density at radius 3 is 3.25 bits per heavy atom. The van der Waals surface area contributed by atoms with Crippen molar-refractivity contribution in [2.45, 2.75) is 19.1 Å². The van der Waals surface area contributed by atoms with E-state index in [9.17, 15) is 4.79 Å². The number of carbonyl (C=O) groups excluding carboxylic acids is 1. The molecule has 1 saturated heterocycles. The van der Waals surface area contributed by atoms with Gasteiger partial charge in [-0.3, -0.25) is 9.48 Å². The molecule has 3 heterocycles. The number of hydrogen-bond acceptors (Lipinski definition) is 4. The number of aromatic nitrogens is 4. The van der Waals surface area contributed by atoms with E-state index in [0.717, 1.165) is 6.42 Å². The van der Waals surface area contributed by atoms with Crippen molar-refractivity contribution >= 4 is 5.91 Å². The van der Waals surface area contributed by atoms with Crippen LogP contribution >= 0.6 is 0 Å². The number of hydrogen-bond donors (Lipinski definition) is 1. The molecule has 2 aromatic rings. The highest BCUT2D eigenvalue weighted by Crippen LogP contribution is 2.11. The second-order valence-electron chi connectivity index (χ2n) is 4.79. The molecule has 2 aromatic heterocycles. The standard InChI is InChI=1S/C13H17N5O2/c19-13(12-7-14-10-15-12)17-4-2-6-20-11(8-17)9-18-5-1-3-16-18/h1,3,5,7,10-11H,2,4,6,8-9H2,(H,14,15). The van der Waals surface area contributed by atoms with Gasteiger partial charge in [0.05, 0.1) is 25.2 Å². The van der Waals surface area contributed by atoms with Crippen molar-refractivity contribution in [1.29, 1.82) is 0 Å². The van der Waals surface area contributed by atoms with Crippen molar-refractivity contribution in [3.63, 3.8) is 0 Å². The first-order valence-corrected chi connectivity index (χ1v) is 6.69. The molecule has 1 N–H and O–H groups in total. The minimum absolute atomic E-state index is 0.0292. The molecule has 0 aromatic carbocycles. The quantitative estimate of drug-likeness (QED) is 0.887. The number of amides is 1. The van der Waals surface area contributed by atoms with Gasteiger partial charge in [-0.05, 0) is 12.5 Å². The van der Waals surface area contributed by atoms with Crippen molar-refractivity contribution in [2.24, 2.45) is 0 Å². The zero-order chi connectivity index (χ0) is 13.8. The van der Waals surface area contributed by atoms with E-state index in [1.807, 2.05) is 21.8 Å². The van der Waals surface area contributed by atoms with Crippen LogP contribution in [0.5, 0.6) is 0 Å². The molecule has 0 aliphatic carbocycles. The van der Waals surface area contributed by atoms with Crippen LogP contribution in [0.2, 0.25) is 0 Å². The Hall–Kier alpha value is -2.15. The second kappa shape index (κ2) is 5.87. The van der Waals surface area contributed by atoms with Gasteiger partial charge in [0, 0.05) is 32.1 Å². The van der Waals surface area contributed by atoms with Gasteiger partial charge in [0.25, 0.3) is 5.91 Å². The average molecular weight is 275 g/mol. The van der Waals surface area contributed by atoms with Crippen LogP contribution in [0.25, 0.3) is 0 Å². The molecule has 1 amide bonds. The van der Waals surface area contributed by atoms with Crippen LogP contribution in [0.4, 0.5) is 0 Å².